The van der Waals surface area contributed by atoms with Crippen LogP contribution in [-0.4, -0.2) is 12.1 Å². The van der Waals surface area contributed by atoms with Gasteiger partial charge in [0.25, 0.3) is 0 Å². The normalized spacial score (nSPS) is 11.7. The van der Waals surface area contributed by atoms with E-state index in [0.29, 0.717) is 0 Å². The van der Waals surface area contributed by atoms with Gasteiger partial charge in [-0.05, 0) is 51.4 Å². The molecule has 0 unspecified atom stereocenters. The zero-order valence-electron chi connectivity index (χ0n) is 9.10. The number of rotatable bonds is 3. The predicted molar refractivity (Wildman–Crippen MR) is 62.9 cm³/mol. The molecule has 1 rings (SSSR count). The lowest BCUT2D eigenvalue weighted by Gasteiger charge is -2.20. The number of benzene rings is 1. The molecule has 0 atom stereocenters. The Morgan fingerprint density at radius 3 is 2.57 bits per heavy atom. The van der Waals surface area contributed by atoms with Crippen molar-refractivity contribution in [1.82, 2.24) is 5.32 Å². The van der Waals surface area contributed by atoms with Crippen LogP contribution in [0.2, 0.25) is 5.02 Å². The maximum absolute atomic E-state index is 5.89. The van der Waals surface area contributed by atoms with E-state index in [9.17, 15) is 0 Å². The zero-order chi connectivity index (χ0) is 10.6. The summed E-state index contributed by atoms with van der Waals surface area (Å²) in [4.78, 5) is 0. The lowest BCUT2D eigenvalue weighted by atomic mass is 10.1. The van der Waals surface area contributed by atoms with Crippen LogP contribution in [0.1, 0.15) is 26.3 Å². The van der Waals surface area contributed by atoms with Crippen LogP contribution in [0.4, 0.5) is 0 Å². The van der Waals surface area contributed by atoms with Gasteiger partial charge in [0.1, 0.15) is 0 Å². The van der Waals surface area contributed by atoms with Crippen LogP contribution in [0.3, 0.4) is 0 Å². The molecule has 0 aliphatic heterocycles. The third kappa shape index (κ3) is 4.64. The van der Waals surface area contributed by atoms with Gasteiger partial charge >= 0.3 is 0 Å². The molecule has 2 heteroatoms. The van der Waals surface area contributed by atoms with Crippen molar-refractivity contribution in [2.24, 2.45) is 0 Å². The Hall–Kier alpha value is -0.530. The highest BCUT2D eigenvalue weighted by Gasteiger charge is 2.07. The van der Waals surface area contributed by atoms with Gasteiger partial charge in [-0.1, -0.05) is 23.7 Å². The Morgan fingerprint density at radius 1 is 1.29 bits per heavy atom. The molecule has 0 aliphatic carbocycles. The average Bonchev–Trinajstić information content (AvgIpc) is 2.01. The lowest BCUT2D eigenvalue weighted by molar-refractivity contribution is 0.429. The number of halogens is 1. The van der Waals surface area contributed by atoms with E-state index in [2.05, 4.69) is 32.2 Å². The summed E-state index contributed by atoms with van der Waals surface area (Å²) >= 11 is 5.89. The fourth-order valence-electron chi connectivity index (χ4n) is 1.27. The predicted octanol–water partition coefficient (Wildman–Crippen LogP) is 3.27. The molecule has 0 heterocycles. The van der Waals surface area contributed by atoms with Crippen molar-refractivity contribution in [1.29, 1.82) is 0 Å². The Balaban J connectivity index is 2.39. The second-order valence-electron chi connectivity index (χ2n) is 4.56. The first-order valence-corrected chi connectivity index (χ1v) is 5.35. The second-order valence-corrected chi connectivity index (χ2v) is 4.99. The van der Waals surface area contributed by atoms with E-state index in [1.165, 1.54) is 5.56 Å². The SMILES string of the molecule is CC(C)(C)NCCc1cccc(Cl)c1. The average molecular weight is 212 g/mol. The summed E-state index contributed by atoms with van der Waals surface area (Å²) in [7, 11) is 0. The quantitative estimate of drug-likeness (QED) is 0.810. The Labute approximate surface area is 91.5 Å². The minimum Gasteiger partial charge on any atom is -0.312 e. The summed E-state index contributed by atoms with van der Waals surface area (Å²) in [5, 5.41) is 4.26. The van der Waals surface area contributed by atoms with Crippen LogP contribution in [0.25, 0.3) is 0 Å². The molecule has 0 radical (unpaired) electrons. The maximum Gasteiger partial charge on any atom is 0.0408 e. The van der Waals surface area contributed by atoms with Crippen LogP contribution >= 0.6 is 11.6 Å². The first-order chi connectivity index (χ1) is 6.47. The fourth-order valence-corrected chi connectivity index (χ4v) is 1.49. The van der Waals surface area contributed by atoms with Gasteiger partial charge in [-0.15, -0.1) is 0 Å². The molecular formula is C12H18ClN. The molecule has 14 heavy (non-hydrogen) atoms. The Kier molecular flexibility index (Phi) is 3.97. The highest BCUT2D eigenvalue weighted by Crippen LogP contribution is 2.11. The highest BCUT2D eigenvalue weighted by atomic mass is 35.5. The number of nitrogens with one attached hydrogen (secondary N) is 1. The van der Waals surface area contributed by atoms with Crippen LogP contribution < -0.4 is 5.32 Å². The van der Waals surface area contributed by atoms with Gasteiger partial charge in [0.05, 0.1) is 0 Å². The molecule has 1 aromatic carbocycles. The standard InChI is InChI=1S/C12H18ClN/c1-12(2,3)14-8-7-10-5-4-6-11(13)9-10/h4-6,9,14H,7-8H2,1-3H3. The highest BCUT2D eigenvalue weighted by molar-refractivity contribution is 6.30. The Morgan fingerprint density at radius 2 is 2.00 bits per heavy atom. The third-order valence-electron chi connectivity index (χ3n) is 1.96. The maximum atomic E-state index is 5.89. The van der Waals surface area contributed by atoms with Gasteiger partial charge in [-0.3, -0.25) is 0 Å². The number of hydrogen-bond acceptors (Lipinski definition) is 1. The molecule has 0 saturated carbocycles. The van der Waals surface area contributed by atoms with Crippen molar-refractivity contribution in [3.63, 3.8) is 0 Å². The summed E-state index contributed by atoms with van der Waals surface area (Å²) in [5.74, 6) is 0. The fraction of sp³-hybridized carbons (Fsp3) is 0.500. The van der Waals surface area contributed by atoms with Crippen molar-refractivity contribution < 1.29 is 0 Å². The third-order valence-corrected chi connectivity index (χ3v) is 2.19. The smallest absolute Gasteiger partial charge is 0.0408 e. The van der Waals surface area contributed by atoms with Crippen LogP contribution in [-0.2, 0) is 6.42 Å². The summed E-state index contributed by atoms with van der Waals surface area (Å²) in [5.41, 5.74) is 1.48. The zero-order valence-corrected chi connectivity index (χ0v) is 9.86. The number of hydrogen-bond donors (Lipinski definition) is 1. The summed E-state index contributed by atoms with van der Waals surface area (Å²) in [6, 6.07) is 8.03. The largest absolute Gasteiger partial charge is 0.312 e. The summed E-state index contributed by atoms with van der Waals surface area (Å²) in [6.07, 6.45) is 1.03. The van der Waals surface area contributed by atoms with Crippen molar-refractivity contribution in [2.75, 3.05) is 6.54 Å². The molecule has 1 N–H and O–H groups in total. The van der Waals surface area contributed by atoms with Crippen molar-refractivity contribution in [3.8, 4) is 0 Å². The van der Waals surface area contributed by atoms with E-state index in [1.54, 1.807) is 0 Å². The molecule has 0 fully saturated rings. The van der Waals surface area contributed by atoms with Gasteiger partial charge in [0.15, 0.2) is 0 Å². The van der Waals surface area contributed by atoms with Crippen molar-refractivity contribution >= 4 is 11.6 Å². The van der Waals surface area contributed by atoms with E-state index in [-0.39, 0.29) is 5.54 Å². The van der Waals surface area contributed by atoms with Gasteiger partial charge in [-0.25, -0.2) is 0 Å². The van der Waals surface area contributed by atoms with E-state index in [4.69, 9.17) is 11.6 Å². The summed E-state index contributed by atoms with van der Waals surface area (Å²) in [6.45, 7) is 7.50. The van der Waals surface area contributed by atoms with Crippen molar-refractivity contribution in [3.05, 3.63) is 34.9 Å². The monoisotopic (exact) mass is 211 g/mol. The summed E-state index contributed by atoms with van der Waals surface area (Å²) < 4.78 is 0. The molecule has 0 saturated heterocycles. The van der Waals surface area contributed by atoms with Gasteiger partial charge in [-0.2, -0.15) is 0 Å². The van der Waals surface area contributed by atoms with E-state index in [0.717, 1.165) is 18.0 Å². The minimum atomic E-state index is 0.193. The second kappa shape index (κ2) is 4.81. The lowest BCUT2D eigenvalue weighted by Crippen LogP contribution is -2.37. The molecule has 0 aliphatic rings. The van der Waals surface area contributed by atoms with E-state index < -0.39 is 0 Å². The van der Waals surface area contributed by atoms with Crippen LogP contribution in [0.15, 0.2) is 24.3 Å². The molecular weight excluding hydrogens is 194 g/mol. The van der Waals surface area contributed by atoms with Crippen LogP contribution in [0, 0.1) is 0 Å². The first kappa shape index (κ1) is 11.5. The van der Waals surface area contributed by atoms with E-state index in [1.807, 2.05) is 18.2 Å². The van der Waals surface area contributed by atoms with Crippen LogP contribution in [0.5, 0.6) is 0 Å². The Bertz CT molecular complexity index is 289. The molecule has 0 spiro atoms. The molecule has 1 aromatic rings. The molecule has 0 aromatic heterocycles. The molecule has 78 valence electrons. The van der Waals surface area contributed by atoms with Crippen molar-refractivity contribution in [2.45, 2.75) is 32.7 Å². The van der Waals surface area contributed by atoms with Gasteiger partial charge < -0.3 is 5.32 Å². The molecule has 1 nitrogen and oxygen atoms in total. The van der Waals surface area contributed by atoms with Gasteiger partial charge in [0, 0.05) is 10.6 Å². The van der Waals surface area contributed by atoms with E-state index >= 15 is 0 Å². The van der Waals surface area contributed by atoms with Gasteiger partial charge in [0.2, 0.25) is 0 Å². The topological polar surface area (TPSA) is 12.0 Å². The first-order valence-electron chi connectivity index (χ1n) is 4.97. The molecule has 0 bridgehead atoms. The molecule has 0 amide bonds. The minimum absolute atomic E-state index is 0.193.